The van der Waals surface area contributed by atoms with E-state index in [1.807, 2.05) is 79.7 Å². The molecule has 0 saturated heterocycles. The number of amides is 1. The van der Waals surface area contributed by atoms with Gasteiger partial charge in [-0.15, -0.1) is 0 Å². The molecular formula is C24H20N2O3. The summed E-state index contributed by atoms with van der Waals surface area (Å²) in [5.74, 6) is 1.61. The smallest absolute Gasteiger partial charge is 0.256 e. The van der Waals surface area contributed by atoms with Crippen LogP contribution in [0.25, 0.3) is 22.8 Å². The summed E-state index contributed by atoms with van der Waals surface area (Å²) in [7, 11) is 0. The van der Waals surface area contributed by atoms with Crippen LogP contribution in [-0.4, -0.2) is 17.5 Å². The second-order valence-corrected chi connectivity index (χ2v) is 6.35. The van der Waals surface area contributed by atoms with Crippen molar-refractivity contribution < 1.29 is 13.9 Å². The lowest BCUT2D eigenvalue weighted by atomic mass is 10.1. The van der Waals surface area contributed by atoms with Gasteiger partial charge < -0.3 is 14.5 Å². The lowest BCUT2D eigenvalue weighted by Crippen LogP contribution is -2.13. The highest BCUT2D eigenvalue weighted by molar-refractivity contribution is 6.08. The Labute approximate surface area is 169 Å². The van der Waals surface area contributed by atoms with Crippen LogP contribution in [0.1, 0.15) is 17.3 Å². The maximum absolute atomic E-state index is 12.8. The topological polar surface area (TPSA) is 64.4 Å². The van der Waals surface area contributed by atoms with Gasteiger partial charge in [-0.05, 0) is 55.5 Å². The van der Waals surface area contributed by atoms with Crippen molar-refractivity contribution in [1.29, 1.82) is 0 Å². The minimum atomic E-state index is -0.215. The van der Waals surface area contributed by atoms with Crippen LogP contribution in [0.5, 0.6) is 5.75 Å². The van der Waals surface area contributed by atoms with Crippen molar-refractivity contribution in [2.75, 3.05) is 11.9 Å². The Morgan fingerprint density at radius 1 is 0.966 bits per heavy atom. The van der Waals surface area contributed by atoms with E-state index in [1.165, 1.54) is 0 Å². The van der Waals surface area contributed by atoms with Crippen LogP contribution in [0.3, 0.4) is 0 Å². The predicted molar refractivity (Wildman–Crippen MR) is 113 cm³/mol. The van der Waals surface area contributed by atoms with Gasteiger partial charge in [0.1, 0.15) is 5.75 Å². The van der Waals surface area contributed by atoms with E-state index < -0.39 is 0 Å². The van der Waals surface area contributed by atoms with Crippen molar-refractivity contribution in [3.63, 3.8) is 0 Å². The maximum Gasteiger partial charge on any atom is 0.256 e. The van der Waals surface area contributed by atoms with Crippen molar-refractivity contribution in [2.45, 2.75) is 6.92 Å². The Kier molecular flexibility index (Phi) is 5.38. The number of oxazole rings is 1. The first-order valence-electron chi connectivity index (χ1n) is 9.39. The summed E-state index contributed by atoms with van der Waals surface area (Å²) < 4.78 is 11.4. The quantitative estimate of drug-likeness (QED) is 0.466. The Balaban J connectivity index is 1.60. The van der Waals surface area contributed by atoms with Crippen molar-refractivity contribution >= 4 is 11.6 Å². The van der Waals surface area contributed by atoms with Gasteiger partial charge in [0.05, 0.1) is 18.4 Å². The highest BCUT2D eigenvalue weighted by atomic mass is 16.5. The minimum absolute atomic E-state index is 0.215. The maximum atomic E-state index is 12.8. The van der Waals surface area contributed by atoms with Gasteiger partial charge in [0.15, 0.2) is 5.76 Å². The SMILES string of the molecule is CCOc1ccc(-c2cnc(-c3ccccc3C(=O)Nc3ccccc3)o2)cc1. The van der Waals surface area contributed by atoms with E-state index in [0.717, 1.165) is 17.0 Å². The molecule has 3 aromatic carbocycles. The predicted octanol–water partition coefficient (Wildman–Crippen LogP) is 5.66. The van der Waals surface area contributed by atoms with E-state index in [2.05, 4.69) is 10.3 Å². The zero-order valence-electron chi connectivity index (χ0n) is 16.0. The molecule has 0 spiro atoms. The molecule has 0 aliphatic heterocycles. The molecule has 4 rings (SSSR count). The zero-order valence-corrected chi connectivity index (χ0v) is 16.0. The largest absolute Gasteiger partial charge is 0.494 e. The number of hydrogen-bond donors (Lipinski definition) is 1. The summed E-state index contributed by atoms with van der Waals surface area (Å²) in [6.45, 7) is 2.57. The third-order valence-corrected chi connectivity index (χ3v) is 4.39. The van der Waals surface area contributed by atoms with Crippen LogP contribution in [0.4, 0.5) is 5.69 Å². The first kappa shape index (κ1) is 18.5. The minimum Gasteiger partial charge on any atom is -0.494 e. The third kappa shape index (κ3) is 4.19. The lowest BCUT2D eigenvalue weighted by molar-refractivity contribution is 0.102. The molecule has 0 fully saturated rings. The number of nitrogens with zero attached hydrogens (tertiary/aromatic N) is 1. The normalized spacial score (nSPS) is 10.5. The van der Waals surface area contributed by atoms with Crippen molar-refractivity contribution in [2.24, 2.45) is 0 Å². The molecule has 0 saturated carbocycles. The molecule has 1 aromatic heterocycles. The first-order chi connectivity index (χ1) is 14.2. The van der Waals surface area contributed by atoms with Crippen LogP contribution in [0.2, 0.25) is 0 Å². The Morgan fingerprint density at radius 2 is 1.69 bits per heavy atom. The van der Waals surface area contributed by atoms with Crippen LogP contribution in [0, 0.1) is 0 Å². The summed E-state index contributed by atoms with van der Waals surface area (Å²) in [6, 6.07) is 24.2. The van der Waals surface area contributed by atoms with Crippen LogP contribution in [-0.2, 0) is 0 Å². The Bertz CT molecular complexity index is 1100. The Hall–Kier alpha value is -3.86. The number of rotatable bonds is 6. The second kappa shape index (κ2) is 8.44. The molecule has 144 valence electrons. The zero-order chi connectivity index (χ0) is 20.1. The number of aromatic nitrogens is 1. The van der Waals surface area contributed by atoms with Crippen LogP contribution in [0.15, 0.2) is 89.5 Å². The van der Waals surface area contributed by atoms with Gasteiger partial charge in [-0.2, -0.15) is 0 Å². The molecule has 0 unspecified atom stereocenters. The highest BCUT2D eigenvalue weighted by Gasteiger charge is 2.17. The van der Waals surface area contributed by atoms with Gasteiger partial charge in [-0.25, -0.2) is 4.98 Å². The number of ether oxygens (including phenoxy) is 1. The van der Waals surface area contributed by atoms with Crippen molar-refractivity contribution in [1.82, 2.24) is 4.98 Å². The molecule has 29 heavy (non-hydrogen) atoms. The molecule has 4 aromatic rings. The number of nitrogens with one attached hydrogen (secondary N) is 1. The molecule has 1 heterocycles. The average Bonchev–Trinajstić information content (AvgIpc) is 3.25. The van der Waals surface area contributed by atoms with Crippen molar-refractivity contribution in [3.05, 3.63) is 90.6 Å². The van der Waals surface area contributed by atoms with Gasteiger partial charge >= 0.3 is 0 Å². The summed E-state index contributed by atoms with van der Waals surface area (Å²) in [6.07, 6.45) is 1.66. The van der Waals surface area contributed by atoms with E-state index in [0.29, 0.717) is 29.4 Å². The fourth-order valence-electron chi connectivity index (χ4n) is 3.00. The summed E-state index contributed by atoms with van der Waals surface area (Å²) in [5.41, 5.74) is 2.75. The van der Waals surface area contributed by atoms with Gasteiger partial charge in [-0.3, -0.25) is 4.79 Å². The van der Waals surface area contributed by atoms with Gasteiger partial charge in [-0.1, -0.05) is 30.3 Å². The monoisotopic (exact) mass is 384 g/mol. The molecule has 0 aliphatic rings. The number of benzene rings is 3. The molecule has 1 N–H and O–H groups in total. The standard InChI is InChI=1S/C24H20N2O3/c1-2-28-19-14-12-17(13-15-19)22-16-25-24(29-22)21-11-7-6-10-20(21)23(27)26-18-8-4-3-5-9-18/h3-16H,2H2,1H3,(H,26,27). The summed E-state index contributed by atoms with van der Waals surface area (Å²) >= 11 is 0. The van der Waals surface area contributed by atoms with E-state index in [9.17, 15) is 4.79 Å². The second-order valence-electron chi connectivity index (χ2n) is 6.35. The fraction of sp³-hybridized carbons (Fsp3) is 0.0833. The van der Waals surface area contributed by atoms with E-state index in [1.54, 1.807) is 12.3 Å². The lowest BCUT2D eigenvalue weighted by Gasteiger charge is -2.08. The number of carbonyl (C=O) groups is 1. The molecular weight excluding hydrogens is 364 g/mol. The van der Waals surface area contributed by atoms with Gasteiger partial charge in [0.2, 0.25) is 5.89 Å². The average molecular weight is 384 g/mol. The number of carbonyl (C=O) groups excluding carboxylic acids is 1. The summed E-state index contributed by atoms with van der Waals surface area (Å²) in [4.78, 5) is 17.2. The van der Waals surface area contributed by atoms with Crippen LogP contribution < -0.4 is 10.1 Å². The molecule has 1 amide bonds. The highest BCUT2D eigenvalue weighted by Crippen LogP contribution is 2.29. The molecule has 5 heteroatoms. The third-order valence-electron chi connectivity index (χ3n) is 4.39. The van der Waals surface area contributed by atoms with Crippen LogP contribution >= 0.6 is 0 Å². The van der Waals surface area contributed by atoms with E-state index >= 15 is 0 Å². The molecule has 0 radical (unpaired) electrons. The van der Waals surface area contributed by atoms with Gasteiger partial charge in [0.25, 0.3) is 5.91 Å². The number of para-hydroxylation sites is 1. The fourth-order valence-corrected chi connectivity index (χ4v) is 3.00. The van der Waals surface area contributed by atoms with E-state index in [-0.39, 0.29) is 5.91 Å². The molecule has 0 aliphatic carbocycles. The summed E-state index contributed by atoms with van der Waals surface area (Å²) in [5, 5.41) is 2.90. The first-order valence-corrected chi connectivity index (χ1v) is 9.39. The van der Waals surface area contributed by atoms with E-state index in [4.69, 9.17) is 9.15 Å². The van der Waals surface area contributed by atoms with Gasteiger partial charge in [0, 0.05) is 16.8 Å². The molecule has 0 atom stereocenters. The molecule has 0 bridgehead atoms. The number of anilines is 1. The van der Waals surface area contributed by atoms with Crippen molar-refractivity contribution in [3.8, 4) is 28.5 Å². The number of hydrogen-bond acceptors (Lipinski definition) is 4. The Morgan fingerprint density at radius 3 is 2.45 bits per heavy atom. The molecule has 5 nitrogen and oxygen atoms in total.